The van der Waals surface area contributed by atoms with Gasteiger partial charge in [0.2, 0.25) is 0 Å². The molecule has 0 saturated heterocycles. The molecule has 2 aliphatic carbocycles. The smallest absolute Gasteiger partial charge is 0.135 e. The van der Waals surface area contributed by atoms with Crippen LogP contribution in [0.1, 0.15) is 32.1 Å². The summed E-state index contributed by atoms with van der Waals surface area (Å²) in [5.41, 5.74) is 0.202. The molecule has 2 rings (SSSR count). The fourth-order valence-electron chi connectivity index (χ4n) is 1.83. The highest BCUT2D eigenvalue weighted by molar-refractivity contribution is 5.80. The van der Waals surface area contributed by atoms with Crippen molar-refractivity contribution in [1.29, 1.82) is 0 Å². The summed E-state index contributed by atoms with van der Waals surface area (Å²) in [6.45, 7) is 0. The zero-order chi connectivity index (χ0) is 7.19. The molecule has 1 spiro atoms. The summed E-state index contributed by atoms with van der Waals surface area (Å²) in [4.78, 5) is 10.8. The van der Waals surface area contributed by atoms with Crippen molar-refractivity contribution in [2.45, 2.75) is 38.2 Å². The van der Waals surface area contributed by atoms with Gasteiger partial charge in [0, 0.05) is 12.8 Å². The second-order valence-corrected chi connectivity index (χ2v) is 3.62. The molecule has 2 aliphatic rings. The highest BCUT2D eigenvalue weighted by Gasteiger charge is 2.51. The Bertz CT molecular complexity index is 170. The molecule has 0 unspecified atom stereocenters. The lowest BCUT2D eigenvalue weighted by Crippen LogP contribution is -2.30. The fourth-order valence-corrected chi connectivity index (χ4v) is 1.83. The maximum absolute atomic E-state index is 10.8. The standard InChI is InChI=1S/C8H12O2/c9-6-1-2-8(3-4-8)7(10)5-6/h7,10H,1-5H2/t7-/m1/s1. The van der Waals surface area contributed by atoms with Gasteiger partial charge in [-0.25, -0.2) is 0 Å². The highest BCUT2D eigenvalue weighted by atomic mass is 16.3. The van der Waals surface area contributed by atoms with Crippen LogP contribution in [0, 0.1) is 5.41 Å². The fraction of sp³-hybridized carbons (Fsp3) is 0.875. The minimum atomic E-state index is -0.311. The molecule has 1 N–H and O–H groups in total. The predicted octanol–water partition coefficient (Wildman–Crippen LogP) is 0.881. The van der Waals surface area contributed by atoms with Crippen molar-refractivity contribution in [3.63, 3.8) is 0 Å². The van der Waals surface area contributed by atoms with Crippen molar-refractivity contribution in [3.8, 4) is 0 Å². The molecular weight excluding hydrogens is 128 g/mol. The Morgan fingerprint density at radius 2 is 2.10 bits per heavy atom. The molecule has 2 nitrogen and oxygen atoms in total. The maximum atomic E-state index is 10.8. The summed E-state index contributed by atoms with van der Waals surface area (Å²) >= 11 is 0. The molecule has 56 valence electrons. The van der Waals surface area contributed by atoms with E-state index >= 15 is 0 Å². The van der Waals surface area contributed by atoms with Crippen molar-refractivity contribution < 1.29 is 9.90 Å². The Hall–Kier alpha value is -0.370. The lowest BCUT2D eigenvalue weighted by molar-refractivity contribution is -0.125. The molecule has 0 aromatic heterocycles. The van der Waals surface area contributed by atoms with E-state index in [1.54, 1.807) is 0 Å². The minimum absolute atomic E-state index is 0.202. The van der Waals surface area contributed by atoms with Gasteiger partial charge in [0.25, 0.3) is 0 Å². The van der Waals surface area contributed by atoms with Gasteiger partial charge in [-0.2, -0.15) is 0 Å². The summed E-state index contributed by atoms with van der Waals surface area (Å²) < 4.78 is 0. The Morgan fingerprint density at radius 3 is 2.60 bits per heavy atom. The SMILES string of the molecule is O=C1CCC2(CC2)[C@H](O)C1. The van der Waals surface area contributed by atoms with Crippen molar-refractivity contribution in [2.24, 2.45) is 5.41 Å². The average molecular weight is 140 g/mol. The maximum Gasteiger partial charge on any atom is 0.135 e. The summed E-state index contributed by atoms with van der Waals surface area (Å²) in [5, 5.41) is 9.45. The first-order valence-corrected chi connectivity index (χ1v) is 3.93. The van der Waals surface area contributed by atoms with Crippen LogP contribution < -0.4 is 0 Å². The molecule has 2 saturated carbocycles. The average Bonchev–Trinajstić information content (AvgIpc) is 2.62. The lowest BCUT2D eigenvalue weighted by Gasteiger charge is -2.25. The molecule has 0 radical (unpaired) electrons. The van der Waals surface area contributed by atoms with Gasteiger partial charge in [0.05, 0.1) is 6.10 Å². The third kappa shape index (κ3) is 0.788. The van der Waals surface area contributed by atoms with Crippen LogP contribution in [0.2, 0.25) is 0 Å². The zero-order valence-electron chi connectivity index (χ0n) is 5.97. The molecule has 0 amide bonds. The first kappa shape index (κ1) is 6.35. The number of hydrogen-bond acceptors (Lipinski definition) is 2. The van der Waals surface area contributed by atoms with Crippen LogP contribution in [-0.2, 0) is 4.79 Å². The van der Waals surface area contributed by atoms with E-state index in [2.05, 4.69) is 0 Å². The molecule has 10 heavy (non-hydrogen) atoms. The van der Waals surface area contributed by atoms with Crippen LogP contribution in [0.15, 0.2) is 0 Å². The number of carbonyl (C=O) groups excluding carboxylic acids is 1. The van der Waals surface area contributed by atoms with Gasteiger partial charge in [-0.15, -0.1) is 0 Å². The van der Waals surface area contributed by atoms with Gasteiger partial charge in [-0.05, 0) is 24.7 Å². The first-order valence-electron chi connectivity index (χ1n) is 3.93. The van der Waals surface area contributed by atoms with Gasteiger partial charge in [0.15, 0.2) is 0 Å². The number of aliphatic hydroxyl groups is 1. The number of carbonyl (C=O) groups is 1. The van der Waals surface area contributed by atoms with Gasteiger partial charge in [-0.3, -0.25) is 4.79 Å². The molecule has 0 aromatic carbocycles. The van der Waals surface area contributed by atoms with Crippen LogP contribution in [-0.4, -0.2) is 17.0 Å². The first-order chi connectivity index (χ1) is 4.73. The second-order valence-electron chi connectivity index (χ2n) is 3.62. The van der Waals surface area contributed by atoms with Gasteiger partial charge < -0.3 is 5.11 Å². The number of Topliss-reactive ketones (excluding diaryl/α,β-unsaturated/α-hetero) is 1. The molecule has 0 aromatic rings. The van der Waals surface area contributed by atoms with Crippen LogP contribution in [0.3, 0.4) is 0 Å². The Kier molecular flexibility index (Phi) is 1.15. The van der Waals surface area contributed by atoms with Gasteiger partial charge in [-0.1, -0.05) is 0 Å². The molecule has 1 atom stereocenters. The summed E-state index contributed by atoms with van der Waals surface area (Å²) in [5.74, 6) is 0.241. The monoisotopic (exact) mass is 140 g/mol. The normalized spacial score (nSPS) is 36.5. The van der Waals surface area contributed by atoms with Gasteiger partial charge >= 0.3 is 0 Å². The van der Waals surface area contributed by atoms with E-state index in [1.807, 2.05) is 0 Å². The van der Waals surface area contributed by atoms with E-state index in [0.717, 1.165) is 19.3 Å². The topological polar surface area (TPSA) is 37.3 Å². The number of aliphatic hydroxyl groups excluding tert-OH is 1. The predicted molar refractivity (Wildman–Crippen MR) is 36.5 cm³/mol. The van der Waals surface area contributed by atoms with E-state index in [1.165, 1.54) is 0 Å². The minimum Gasteiger partial charge on any atom is -0.392 e. The van der Waals surface area contributed by atoms with Crippen molar-refractivity contribution in [2.75, 3.05) is 0 Å². The van der Waals surface area contributed by atoms with Crippen LogP contribution in [0.5, 0.6) is 0 Å². The Morgan fingerprint density at radius 1 is 1.40 bits per heavy atom. The third-order valence-corrected chi connectivity index (χ3v) is 2.92. The molecule has 0 aliphatic heterocycles. The summed E-state index contributed by atoms with van der Waals surface area (Å²) in [6, 6.07) is 0. The summed E-state index contributed by atoms with van der Waals surface area (Å²) in [6.07, 6.45) is 4.03. The second kappa shape index (κ2) is 1.82. The van der Waals surface area contributed by atoms with Crippen LogP contribution >= 0.6 is 0 Å². The third-order valence-electron chi connectivity index (χ3n) is 2.92. The quantitative estimate of drug-likeness (QED) is 0.542. The van der Waals surface area contributed by atoms with E-state index in [9.17, 15) is 9.90 Å². The van der Waals surface area contributed by atoms with Crippen LogP contribution in [0.25, 0.3) is 0 Å². The van der Waals surface area contributed by atoms with Crippen molar-refractivity contribution in [1.82, 2.24) is 0 Å². The van der Waals surface area contributed by atoms with E-state index in [4.69, 9.17) is 0 Å². The van der Waals surface area contributed by atoms with E-state index in [0.29, 0.717) is 12.8 Å². The van der Waals surface area contributed by atoms with Crippen molar-refractivity contribution >= 4 is 5.78 Å². The number of ketones is 1. The van der Waals surface area contributed by atoms with E-state index < -0.39 is 0 Å². The molecule has 2 fully saturated rings. The summed E-state index contributed by atoms with van der Waals surface area (Å²) in [7, 11) is 0. The zero-order valence-corrected chi connectivity index (χ0v) is 5.97. The Balaban J connectivity index is 2.07. The lowest BCUT2D eigenvalue weighted by atomic mass is 9.83. The van der Waals surface area contributed by atoms with Crippen molar-refractivity contribution in [3.05, 3.63) is 0 Å². The number of hydrogen-bond donors (Lipinski definition) is 1. The highest BCUT2D eigenvalue weighted by Crippen LogP contribution is 2.55. The Labute approximate surface area is 60.2 Å². The van der Waals surface area contributed by atoms with Crippen LogP contribution in [0.4, 0.5) is 0 Å². The number of rotatable bonds is 0. The molecule has 0 bridgehead atoms. The molecule has 0 heterocycles. The van der Waals surface area contributed by atoms with E-state index in [-0.39, 0.29) is 17.3 Å². The largest absolute Gasteiger partial charge is 0.392 e. The van der Waals surface area contributed by atoms with Gasteiger partial charge in [0.1, 0.15) is 5.78 Å². The molecular formula is C8H12O2. The molecule has 2 heteroatoms.